The number of hydrogen-bond acceptors (Lipinski definition) is 13. The van der Waals surface area contributed by atoms with Crippen LogP contribution in [-0.2, 0) is 6.54 Å². The highest BCUT2D eigenvalue weighted by Gasteiger charge is 2.22. The highest BCUT2D eigenvalue weighted by molar-refractivity contribution is 5.92. The highest BCUT2D eigenvalue weighted by atomic mass is 16.5. The van der Waals surface area contributed by atoms with Gasteiger partial charge in [0, 0.05) is 18.9 Å². The minimum absolute atomic E-state index is 0.0195. The fraction of sp³-hybridized carbons (Fsp3) is 0.111. The molecule has 0 aliphatic rings. The number of hydroxylamine groups is 1. The molecule has 0 bridgehead atoms. The molecule has 0 aliphatic heterocycles. The number of amides is 1. The first kappa shape index (κ1) is 27.4. The van der Waals surface area contributed by atoms with E-state index in [-0.39, 0.29) is 46.8 Å². The Bertz CT molecular complexity index is 1890. The number of carbonyl (C=O) groups is 1. The SMILES string of the molecule is C[C@H](Nc1nc(N)nc(N)c1C#N)c1nc2cccc(CNc3ncc(C(=O)NO)cn3)c2c(=O)n1-c1ccccc1. The number of carbonyl (C=O) groups excluding carboxylic acids is 1. The Morgan fingerprint density at radius 2 is 1.81 bits per heavy atom. The monoisotopic (exact) mass is 564 g/mol. The molecule has 15 heteroatoms. The Morgan fingerprint density at radius 1 is 1.07 bits per heavy atom. The van der Waals surface area contributed by atoms with Crippen molar-refractivity contribution in [2.45, 2.75) is 19.5 Å². The lowest BCUT2D eigenvalue weighted by Crippen LogP contribution is -2.28. The van der Waals surface area contributed by atoms with Crippen molar-refractivity contribution in [3.8, 4) is 11.8 Å². The van der Waals surface area contributed by atoms with Crippen molar-refractivity contribution >= 4 is 40.3 Å². The van der Waals surface area contributed by atoms with E-state index < -0.39 is 11.9 Å². The van der Waals surface area contributed by atoms with Crippen LogP contribution in [0.5, 0.6) is 0 Å². The molecule has 0 aliphatic carbocycles. The second kappa shape index (κ2) is 11.5. The number of benzene rings is 2. The van der Waals surface area contributed by atoms with Gasteiger partial charge in [0.1, 0.15) is 23.3 Å². The minimum atomic E-state index is -0.738. The number of nitrogen functional groups attached to an aromatic ring is 2. The number of hydrogen-bond donors (Lipinski definition) is 6. The maximum Gasteiger partial charge on any atom is 0.277 e. The number of nitriles is 1. The van der Waals surface area contributed by atoms with Crippen LogP contribution in [0.1, 0.15) is 40.3 Å². The van der Waals surface area contributed by atoms with E-state index in [1.54, 1.807) is 49.4 Å². The van der Waals surface area contributed by atoms with E-state index in [1.807, 2.05) is 12.1 Å². The number of fused-ring (bicyclic) bond motifs is 1. The van der Waals surface area contributed by atoms with E-state index in [2.05, 4.69) is 30.6 Å². The van der Waals surface area contributed by atoms with Crippen LogP contribution >= 0.6 is 0 Å². The fourth-order valence-electron chi connectivity index (χ4n) is 4.34. The van der Waals surface area contributed by atoms with Gasteiger partial charge in [0.2, 0.25) is 11.9 Å². The van der Waals surface area contributed by atoms with Crippen molar-refractivity contribution < 1.29 is 10.0 Å². The number of aromatic nitrogens is 6. The number of rotatable bonds is 8. The van der Waals surface area contributed by atoms with Crippen molar-refractivity contribution in [1.82, 2.24) is 35.0 Å². The molecule has 0 radical (unpaired) electrons. The largest absolute Gasteiger partial charge is 0.382 e. The van der Waals surface area contributed by atoms with Crippen molar-refractivity contribution in [1.29, 1.82) is 5.26 Å². The first-order valence-electron chi connectivity index (χ1n) is 12.5. The zero-order chi connectivity index (χ0) is 29.8. The molecule has 5 aromatic rings. The maximum absolute atomic E-state index is 14.2. The summed E-state index contributed by atoms with van der Waals surface area (Å²) in [7, 11) is 0. The first-order chi connectivity index (χ1) is 20.3. The lowest BCUT2D eigenvalue weighted by atomic mass is 10.1. The van der Waals surface area contributed by atoms with Crippen LogP contribution in [0.15, 0.2) is 65.7 Å². The molecular formula is C27H24N12O3. The van der Waals surface area contributed by atoms with Crippen LogP contribution in [0, 0.1) is 11.3 Å². The third kappa shape index (κ3) is 5.33. The Hall–Kier alpha value is -6.14. The summed E-state index contributed by atoms with van der Waals surface area (Å²) in [6, 6.07) is 15.6. The third-order valence-corrected chi connectivity index (χ3v) is 6.28. The molecule has 0 fully saturated rings. The second-order valence-electron chi connectivity index (χ2n) is 9.02. The average Bonchev–Trinajstić information content (AvgIpc) is 3.00. The Balaban J connectivity index is 1.57. The lowest BCUT2D eigenvalue weighted by molar-refractivity contribution is 0.0705. The van der Waals surface area contributed by atoms with Gasteiger partial charge < -0.3 is 22.1 Å². The van der Waals surface area contributed by atoms with Crippen molar-refractivity contribution in [2.24, 2.45) is 0 Å². The molecule has 0 spiro atoms. The lowest BCUT2D eigenvalue weighted by Gasteiger charge is -2.21. The van der Waals surface area contributed by atoms with E-state index in [1.165, 1.54) is 22.4 Å². The summed E-state index contributed by atoms with van der Waals surface area (Å²) in [6.07, 6.45) is 2.51. The van der Waals surface area contributed by atoms with Gasteiger partial charge in [-0.3, -0.25) is 19.4 Å². The molecule has 210 valence electrons. The summed E-state index contributed by atoms with van der Waals surface area (Å²) in [5.41, 5.74) is 14.6. The zero-order valence-corrected chi connectivity index (χ0v) is 22.1. The van der Waals surface area contributed by atoms with E-state index in [4.69, 9.17) is 21.7 Å². The van der Waals surface area contributed by atoms with Gasteiger partial charge in [-0.2, -0.15) is 15.2 Å². The molecule has 0 saturated heterocycles. The summed E-state index contributed by atoms with van der Waals surface area (Å²) in [6.45, 7) is 1.94. The summed E-state index contributed by atoms with van der Waals surface area (Å²) in [4.78, 5) is 46.7. The number of anilines is 4. The normalized spacial score (nSPS) is 11.5. The molecule has 1 amide bonds. The number of nitrogens with two attached hydrogens (primary N) is 2. The zero-order valence-electron chi connectivity index (χ0n) is 22.1. The maximum atomic E-state index is 14.2. The van der Waals surface area contributed by atoms with Gasteiger partial charge in [-0.15, -0.1) is 0 Å². The topological polar surface area (TPSA) is 236 Å². The molecular weight excluding hydrogens is 540 g/mol. The van der Waals surface area contributed by atoms with E-state index in [0.717, 1.165) is 0 Å². The highest BCUT2D eigenvalue weighted by Crippen LogP contribution is 2.26. The predicted octanol–water partition coefficient (Wildman–Crippen LogP) is 1.91. The molecule has 15 nitrogen and oxygen atoms in total. The van der Waals surface area contributed by atoms with Crippen molar-refractivity contribution in [3.05, 3.63) is 93.8 Å². The van der Waals surface area contributed by atoms with Crippen LogP contribution in [0.25, 0.3) is 16.6 Å². The van der Waals surface area contributed by atoms with Crippen LogP contribution in [-0.4, -0.2) is 40.6 Å². The number of para-hydroxylation sites is 1. The fourth-order valence-corrected chi connectivity index (χ4v) is 4.34. The number of nitrogens with zero attached hydrogens (tertiary/aromatic N) is 7. The second-order valence-corrected chi connectivity index (χ2v) is 9.02. The van der Waals surface area contributed by atoms with Crippen molar-refractivity contribution in [3.63, 3.8) is 0 Å². The van der Waals surface area contributed by atoms with Gasteiger partial charge in [0.15, 0.2) is 5.82 Å². The van der Waals surface area contributed by atoms with Gasteiger partial charge in [0.25, 0.3) is 11.5 Å². The molecule has 0 unspecified atom stereocenters. The van der Waals surface area contributed by atoms with Crippen LogP contribution in [0.3, 0.4) is 0 Å². The molecule has 8 N–H and O–H groups in total. The molecule has 42 heavy (non-hydrogen) atoms. The van der Waals surface area contributed by atoms with Gasteiger partial charge in [-0.25, -0.2) is 20.4 Å². The summed E-state index contributed by atoms with van der Waals surface area (Å²) in [5.74, 6) is -0.240. The van der Waals surface area contributed by atoms with Crippen LogP contribution in [0.2, 0.25) is 0 Å². The van der Waals surface area contributed by atoms with E-state index in [0.29, 0.717) is 28.0 Å². The van der Waals surface area contributed by atoms with E-state index in [9.17, 15) is 14.9 Å². The van der Waals surface area contributed by atoms with E-state index >= 15 is 0 Å². The summed E-state index contributed by atoms with van der Waals surface area (Å²) >= 11 is 0. The quantitative estimate of drug-likeness (QED) is 0.117. The van der Waals surface area contributed by atoms with Crippen LogP contribution in [0.4, 0.5) is 23.5 Å². The van der Waals surface area contributed by atoms with Gasteiger partial charge in [-0.1, -0.05) is 30.3 Å². The molecule has 1 atom stereocenters. The summed E-state index contributed by atoms with van der Waals surface area (Å²) < 4.78 is 1.49. The average molecular weight is 565 g/mol. The predicted molar refractivity (Wildman–Crippen MR) is 154 cm³/mol. The number of nitrogens with one attached hydrogen (secondary N) is 3. The Kier molecular flexibility index (Phi) is 7.53. The molecule has 3 aromatic heterocycles. The van der Waals surface area contributed by atoms with Gasteiger partial charge >= 0.3 is 0 Å². The van der Waals surface area contributed by atoms with Crippen LogP contribution < -0.4 is 33.1 Å². The summed E-state index contributed by atoms with van der Waals surface area (Å²) in [5, 5.41) is 24.9. The van der Waals surface area contributed by atoms with Crippen molar-refractivity contribution in [2.75, 3.05) is 22.1 Å². The smallest absolute Gasteiger partial charge is 0.277 e. The molecule has 0 saturated carbocycles. The van der Waals surface area contributed by atoms with Gasteiger partial charge in [0.05, 0.1) is 28.2 Å². The Morgan fingerprint density at radius 3 is 2.50 bits per heavy atom. The third-order valence-electron chi connectivity index (χ3n) is 6.28. The molecule has 5 rings (SSSR count). The first-order valence-corrected chi connectivity index (χ1v) is 12.5. The van der Waals surface area contributed by atoms with Gasteiger partial charge in [-0.05, 0) is 30.7 Å². The standard InChI is InChI=1S/C27H24N12O3/c1-14(34-22-18(10-28)21(29)36-26(30)37-22)23-35-19-9-5-6-15(11-31-27-32-12-16(13-33-27)24(40)38-42)20(19)25(41)39(23)17-7-3-2-4-8-17/h2-9,12-14,42H,11H2,1H3,(H,38,40)(H,31,32,33)(H5,29,30,34,36,37)/t14-/m0/s1. The molecule has 3 heterocycles. The molecule has 2 aromatic carbocycles. The minimum Gasteiger partial charge on any atom is -0.382 e. The Labute approximate surface area is 237 Å².